The van der Waals surface area contributed by atoms with Gasteiger partial charge in [0.1, 0.15) is 18.1 Å². The van der Waals surface area contributed by atoms with Crippen LogP contribution in [-0.4, -0.2) is 76.2 Å². The number of aliphatic carboxylic acids is 1. The molecule has 4 unspecified atom stereocenters. The molecular weight excluding hydrogens is 480 g/mol. The molecule has 3 amide bonds. The number of amides is 3. The standard InChI is InChI=1S/C25H38N6O6/c1-14(2)21(27)24(35)30-19(11-15-12-28-17-8-4-3-7-16(15)17)22(33)31-20(13-32)23(34)29-18(25(36)37)9-5-6-10-26/h3-4,7-8,12,14,18-21,28,32H,5-6,9-11,13,26-27H2,1-2H3,(H,29,34)(H,30,35)(H,31,33)(H,36,37). The van der Waals surface area contributed by atoms with Crippen molar-refractivity contribution < 1.29 is 29.4 Å². The Bertz CT molecular complexity index is 1070. The SMILES string of the molecule is CC(C)C(N)C(=O)NC(Cc1c[nH]c2ccccc12)C(=O)NC(CO)C(=O)NC(CCCCN)C(=O)O. The van der Waals surface area contributed by atoms with Gasteiger partial charge in [0.2, 0.25) is 17.7 Å². The van der Waals surface area contributed by atoms with Crippen molar-refractivity contribution in [3.05, 3.63) is 36.0 Å². The molecule has 2 rings (SSSR count). The molecule has 0 aliphatic heterocycles. The number of hydrogen-bond acceptors (Lipinski definition) is 7. The summed E-state index contributed by atoms with van der Waals surface area (Å²) in [6.07, 6.45) is 3.04. The summed E-state index contributed by atoms with van der Waals surface area (Å²) >= 11 is 0. The Balaban J connectivity index is 2.19. The van der Waals surface area contributed by atoms with Crippen molar-refractivity contribution in [2.45, 2.75) is 63.7 Å². The van der Waals surface area contributed by atoms with Crippen LogP contribution >= 0.6 is 0 Å². The molecule has 0 saturated heterocycles. The zero-order valence-corrected chi connectivity index (χ0v) is 21.2. The maximum Gasteiger partial charge on any atom is 0.326 e. The molecule has 0 saturated carbocycles. The normalized spacial score (nSPS) is 14.5. The Morgan fingerprint density at radius 3 is 2.19 bits per heavy atom. The lowest BCUT2D eigenvalue weighted by molar-refractivity contribution is -0.142. The molecule has 0 spiro atoms. The first-order chi connectivity index (χ1) is 17.6. The first-order valence-corrected chi connectivity index (χ1v) is 12.3. The molecule has 4 atom stereocenters. The van der Waals surface area contributed by atoms with Gasteiger partial charge < -0.3 is 42.6 Å². The van der Waals surface area contributed by atoms with E-state index in [0.717, 1.165) is 16.5 Å². The van der Waals surface area contributed by atoms with Crippen LogP contribution in [0.1, 0.15) is 38.7 Å². The minimum absolute atomic E-state index is 0.0863. The van der Waals surface area contributed by atoms with E-state index in [2.05, 4.69) is 20.9 Å². The van der Waals surface area contributed by atoms with Gasteiger partial charge in [-0.05, 0) is 43.4 Å². The van der Waals surface area contributed by atoms with Crippen LogP contribution in [-0.2, 0) is 25.6 Å². The highest BCUT2D eigenvalue weighted by molar-refractivity contribution is 5.95. The van der Waals surface area contributed by atoms with Crippen molar-refractivity contribution in [1.29, 1.82) is 0 Å². The van der Waals surface area contributed by atoms with Gasteiger partial charge in [-0.2, -0.15) is 0 Å². The number of nitrogens with two attached hydrogens (primary N) is 2. The minimum atomic E-state index is -1.43. The van der Waals surface area contributed by atoms with Gasteiger partial charge >= 0.3 is 5.97 Å². The number of carboxylic acid groups (broad SMARTS) is 1. The number of rotatable bonds is 15. The molecule has 2 aromatic rings. The maximum absolute atomic E-state index is 13.2. The smallest absolute Gasteiger partial charge is 0.326 e. The highest BCUT2D eigenvalue weighted by Crippen LogP contribution is 2.19. The van der Waals surface area contributed by atoms with E-state index in [0.29, 0.717) is 19.4 Å². The van der Waals surface area contributed by atoms with Gasteiger partial charge in [0.15, 0.2) is 0 Å². The predicted molar refractivity (Wildman–Crippen MR) is 138 cm³/mol. The molecule has 12 nitrogen and oxygen atoms in total. The molecule has 10 N–H and O–H groups in total. The second-order valence-corrected chi connectivity index (χ2v) is 9.32. The van der Waals surface area contributed by atoms with Gasteiger partial charge in [-0.25, -0.2) is 4.79 Å². The van der Waals surface area contributed by atoms with Gasteiger partial charge in [0.05, 0.1) is 12.6 Å². The van der Waals surface area contributed by atoms with Crippen LogP contribution in [0.15, 0.2) is 30.5 Å². The van der Waals surface area contributed by atoms with Crippen LogP contribution < -0.4 is 27.4 Å². The average Bonchev–Trinajstić information content (AvgIpc) is 3.28. The lowest BCUT2D eigenvalue weighted by atomic mass is 10.0. The van der Waals surface area contributed by atoms with E-state index in [1.807, 2.05) is 24.3 Å². The summed E-state index contributed by atoms with van der Waals surface area (Å²) in [4.78, 5) is 53.3. The molecule has 1 heterocycles. The number of benzene rings is 1. The number of aliphatic hydroxyl groups excluding tert-OH is 1. The van der Waals surface area contributed by atoms with Crippen molar-refractivity contribution in [1.82, 2.24) is 20.9 Å². The van der Waals surface area contributed by atoms with Crippen molar-refractivity contribution in [2.75, 3.05) is 13.2 Å². The average molecular weight is 519 g/mol. The number of unbranched alkanes of at least 4 members (excludes halogenated alkanes) is 1. The second-order valence-electron chi connectivity index (χ2n) is 9.32. The summed E-state index contributed by atoms with van der Waals surface area (Å²) in [6.45, 7) is 3.17. The fourth-order valence-corrected chi connectivity index (χ4v) is 3.79. The first-order valence-electron chi connectivity index (χ1n) is 12.3. The Labute approximate surface area is 215 Å². The summed E-state index contributed by atoms with van der Waals surface area (Å²) in [7, 11) is 0. The molecule has 0 radical (unpaired) electrons. The highest BCUT2D eigenvalue weighted by atomic mass is 16.4. The summed E-state index contributed by atoms with van der Waals surface area (Å²) in [5, 5.41) is 27.5. The number of H-pyrrole nitrogens is 1. The van der Waals surface area contributed by atoms with Gasteiger partial charge in [-0.3, -0.25) is 14.4 Å². The molecular formula is C25H38N6O6. The second kappa shape index (κ2) is 14.3. The highest BCUT2D eigenvalue weighted by Gasteiger charge is 2.31. The third kappa shape index (κ3) is 8.55. The Morgan fingerprint density at radius 2 is 1.57 bits per heavy atom. The quantitative estimate of drug-likeness (QED) is 0.142. The molecule has 37 heavy (non-hydrogen) atoms. The van der Waals surface area contributed by atoms with E-state index in [4.69, 9.17) is 11.5 Å². The third-order valence-corrected chi connectivity index (χ3v) is 6.13. The van der Waals surface area contributed by atoms with Crippen molar-refractivity contribution >= 4 is 34.6 Å². The van der Waals surface area contributed by atoms with Crippen LogP contribution in [0, 0.1) is 5.92 Å². The topological polar surface area (TPSA) is 213 Å². The summed E-state index contributed by atoms with van der Waals surface area (Å²) < 4.78 is 0. The largest absolute Gasteiger partial charge is 0.480 e. The predicted octanol–water partition coefficient (Wildman–Crippen LogP) is -0.646. The van der Waals surface area contributed by atoms with E-state index in [9.17, 15) is 29.4 Å². The maximum atomic E-state index is 13.2. The van der Waals surface area contributed by atoms with E-state index >= 15 is 0 Å². The van der Waals surface area contributed by atoms with Crippen LogP contribution in [0.25, 0.3) is 10.9 Å². The number of aromatic amines is 1. The van der Waals surface area contributed by atoms with E-state index in [1.165, 1.54) is 0 Å². The zero-order valence-electron chi connectivity index (χ0n) is 21.2. The number of carbonyl (C=O) groups is 4. The lowest BCUT2D eigenvalue weighted by Crippen LogP contribution is -2.58. The number of para-hydroxylation sites is 1. The van der Waals surface area contributed by atoms with Gasteiger partial charge in [-0.1, -0.05) is 32.0 Å². The monoisotopic (exact) mass is 518 g/mol. The van der Waals surface area contributed by atoms with Crippen molar-refractivity contribution in [3.8, 4) is 0 Å². The summed E-state index contributed by atoms with van der Waals surface area (Å²) in [5.74, 6) is -3.53. The molecule has 1 aromatic heterocycles. The van der Waals surface area contributed by atoms with Gasteiger partial charge in [0, 0.05) is 23.5 Å². The van der Waals surface area contributed by atoms with Crippen LogP contribution in [0.5, 0.6) is 0 Å². The third-order valence-electron chi connectivity index (χ3n) is 6.13. The number of hydrogen-bond donors (Lipinski definition) is 8. The van der Waals surface area contributed by atoms with Crippen molar-refractivity contribution in [2.24, 2.45) is 17.4 Å². The Hall–Kier alpha value is -3.48. The summed E-state index contributed by atoms with van der Waals surface area (Å²) in [6, 6.07) is 2.86. The van der Waals surface area contributed by atoms with Gasteiger partial charge in [0.25, 0.3) is 0 Å². The summed E-state index contributed by atoms with van der Waals surface area (Å²) in [5.41, 5.74) is 13.0. The Morgan fingerprint density at radius 1 is 0.946 bits per heavy atom. The fraction of sp³-hybridized carbons (Fsp3) is 0.520. The van der Waals surface area contributed by atoms with E-state index < -0.39 is 54.5 Å². The zero-order chi connectivity index (χ0) is 27.5. The molecule has 12 heteroatoms. The molecule has 204 valence electrons. The van der Waals surface area contributed by atoms with Crippen LogP contribution in [0.3, 0.4) is 0 Å². The molecule has 0 aliphatic carbocycles. The number of aliphatic hydroxyl groups is 1. The van der Waals surface area contributed by atoms with Crippen LogP contribution in [0.2, 0.25) is 0 Å². The lowest BCUT2D eigenvalue weighted by Gasteiger charge is -2.25. The number of fused-ring (bicyclic) bond motifs is 1. The number of aromatic nitrogens is 1. The first kappa shape index (κ1) is 29.7. The molecule has 0 fully saturated rings. The number of nitrogens with one attached hydrogen (secondary N) is 4. The molecule has 0 aliphatic rings. The van der Waals surface area contributed by atoms with Crippen LogP contribution in [0.4, 0.5) is 0 Å². The van der Waals surface area contributed by atoms with E-state index in [1.54, 1.807) is 20.0 Å². The Kier molecular flexibility index (Phi) is 11.5. The molecule has 1 aromatic carbocycles. The number of carboxylic acids is 1. The molecule has 0 bridgehead atoms. The minimum Gasteiger partial charge on any atom is -0.480 e. The fourth-order valence-electron chi connectivity index (χ4n) is 3.79. The van der Waals surface area contributed by atoms with Crippen molar-refractivity contribution in [3.63, 3.8) is 0 Å². The van der Waals surface area contributed by atoms with Gasteiger partial charge in [-0.15, -0.1) is 0 Å². The van der Waals surface area contributed by atoms with E-state index in [-0.39, 0.29) is 18.8 Å². The number of carbonyl (C=O) groups excluding carboxylic acids is 3.